The van der Waals surface area contributed by atoms with Crippen molar-refractivity contribution in [2.24, 2.45) is 0 Å². The summed E-state index contributed by atoms with van der Waals surface area (Å²) in [5.41, 5.74) is 1.11. The molecule has 0 aromatic heterocycles. The van der Waals surface area contributed by atoms with Gasteiger partial charge in [0.15, 0.2) is 0 Å². The van der Waals surface area contributed by atoms with Crippen molar-refractivity contribution in [1.29, 1.82) is 0 Å². The number of cyclic esters (lactones) is 1. The minimum absolute atomic E-state index is 0.114. The van der Waals surface area contributed by atoms with E-state index in [4.69, 9.17) is 9.47 Å². The van der Waals surface area contributed by atoms with Crippen molar-refractivity contribution < 1.29 is 14.3 Å². The molecule has 1 atom stereocenters. The Labute approximate surface area is 89.0 Å². The van der Waals surface area contributed by atoms with Gasteiger partial charge in [-0.25, -0.2) is 0 Å². The second-order valence-electron chi connectivity index (χ2n) is 3.65. The lowest BCUT2D eigenvalue weighted by Gasteiger charge is -2.23. The highest BCUT2D eigenvalue weighted by molar-refractivity contribution is 5.71. The normalized spacial score (nSPS) is 20.9. The predicted molar refractivity (Wildman–Crippen MR) is 55.9 cm³/mol. The number of hydrogen-bond acceptors (Lipinski definition) is 3. The summed E-state index contributed by atoms with van der Waals surface area (Å²) in [6.07, 6.45) is 1.34. The Morgan fingerprint density at radius 1 is 1.40 bits per heavy atom. The minimum atomic E-state index is -0.114. The quantitative estimate of drug-likeness (QED) is 0.695. The molecule has 1 aliphatic heterocycles. The minimum Gasteiger partial charge on any atom is -0.496 e. The van der Waals surface area contributed by atoms with Crippen LogP contribution >= 0.6 is 0 Å². The molecule has 3 nitrogen and oxygen atoms in total. The molecule has 1 aliphatic rings. The fraction of sp³-hybridized carbons (Fsp3) is 0.417. The number of para-hydroxylation sites is 1. The molecule has 1 saturated heterocycles. The van der Waals surface area contributed by atoms with E-state index in [1.54, 1.807) is 7.11 Å². The molecule has 3 heteroatoms. The maximum Gasteiger partial charge on any atom is 0.306 e. The molecule has 15 heavy (non-hydrogen) atoms. The van der Waals surface area contributed by atoms with Gasteiger partial charge in [-0.1, -0.05) is 18.2 Å². The van der Waals surface area contributed by atoms with Gasteiger partial charge < -0.3 is 9.47 Å². The van der Waals surface area contributed by atoms with E-state index in [2.05, 4.69) is 0 Å². The van der Waals surface area contributed by atoms with Crippen LogP contribution in [0.3, 0.4) is 0 Å². The van der Waals surface area contributed by atoms with Gasteiger partial charge >= 0.3 is 5.97 Å². The summed E-state index contributed by atoms with van der Waals surface area (Å²) in [4.78, 5) is 11.2. The number of rotatable bonds is 2. The molecule has 0 aliphatic carbocycles. The molecule has 0 amide bonds. The molecule has 2 rings (SSSR count). The third kappa shape index (κ3) is 2.12. The van der Waals surface area contributed by atoms with Crippen molar-refractivity contribution in [2.75, 3.05) is 13.7 Å². The molecular formula is C12H14O3. The monoisotopic (exact) mass is 206 g/mol. The van der Waals surface area contributed by atoms with Gasteiger partial charge in [0.25, 0.3) is 0 Å². The molecule has 0 saturated carbocycles. The van der Waals surface area contributed by atoms with Crippen molar-refractivity contribution in [3.63, 3.8) is 0 Å². The van der Waals surface area contributed by atoms with Gasteiger partial charge in [0.1, 0.15) is 5.75 Å². The molecule has 1 aromatic rings. The van der Waals surface area contributed by atoms with Gasteiger partial charge in [-0.2, -0.15) is 0 Å². The third-order valence-corrected chi connectivity index (χ3v) is 2.72. The van der Waals surface area contributed by atoms with E-state index in [1.807, 2.05) is 24.3 Å². The zero-order valence-corrected chi connectivity index (χ0v) is 8.73. The zero-order chi connectivity index (χ0) is 10.7. The number of carbonyl (C=O) groups excluding carboxylic acids is 1. The largest absolute Gasteiger partial charge is 0.496 e. The molecular weight excluding hydrogens is 192 g/mol. The molecule has 0 unspecified atom stereocenters. The van der Waals surface area contributed by atoms with Crippen LogP contribution in [0.2, 0.25) is 0 Å². The van der Waals surface area contributed by atoms with E-state index in [9.17, 15) is 4.79 Å². The lowest BCUT2D eigenvalue weighted by molar-refractivity contribution is -0.147. The van der Waals surface area contributed by atoms with Gasteiger partial charge in [-0.3, -0.25) is 4.79 Å². The molecule has 0 bridgehead atoms. The number of benzene rings is 1. The van der Waals surface area contributed by atoms with Gasteiger partial charge in [-0.15, -0.1) is 0 Å². The van der Waals surface area contributed by atoms with Crippen molar-refractivity contribution >= 4 is 5.97 Å². The van der Waals surface area contributed by atoms with Crippen LogP contribution in [0.1, 0.15) is 24.3 Å². The molecule has 0 N–H and O–H groups in total. The first-order valence-corrected chi connectivity index (χ1v) is 5.10. The van der Waals surface area contributed by atoms with Gasteiger partial charge in [0, 0.05) is 5.92 Å². The second-order valence-corrected chi connectivity index (χ2v) is 3.65. The first-order chi connectivity index (χ1) is 7.31. The SMILES string of the molecule is COc1ccccc1[C@H]1CCOC(=O)C1. The predicted octanol–water partition coefficient (Wildman–Crippen LogP) is 2.12. The molecule has 80 valence electrons. The highest BCUT2D eigenvalue weighted by Crippen LogP contribution is 2.33. The molecule has 1 fully saturated rings. The Morgan fingerprint density at radius 3 is 2.93 bits per heavy atom. The smallest absolute Gasteiger partial charge is 0.306 e. The Balaban J connectivity index is 2.24. The standard InChI is InChI=1S/C12H14O3/c1-14-11-5-3-2-4-10(11)9-6-7-15-12(13)8-9/h2-5,9H,6-8H2,1H3/t9-/m0/s1. The van der Waals surface area contributed by atoms with Crippen LogP contribution in [0.4, 0.5) is 0 Å². The van der Waals surface area contributed by atoms with Crippen LogP contribution in [0.5, 0.6) is 5.75 Å². The van der Waals surface area contributed by atoms with Gasteiger partial charge in [-0.05, 0) is 18.1 Å². The Hall–Kier alpha value is -1.51. The Kier molecular flexibility index (Phi) is 2.90. The summed E-state index contributed by atoms with van der Waals surface area (Å²) in [6.45, 7) is 0.515. The van der Waals surface area contributed by atoms with Crippen LogP contribution in [-0.2, 0) is 9.53 Å². The van der Waals surface area contributed by atoms with E-state index in [-0.39, 0.29) is 11.9 Å². The van der Waals surface area contributed by atoms with Crippen molar-refractivity contribution in [2.45, 2.75) is 18.8 Å². The maximum atomic E-state index is 11.2. The summed E-state index contributed by atoms with van der Waals surface area (Å²) in [6, 6.07) is 7.85. The summed E-state index contributed by atoms with van der Waals surface area (Å²) in [5.74, 6) is 0.983. The van der Waals surface area contributed by atoms with Crippen LogP contribution in [0, 0.1) is 0 Å². The van der Waals surface area contributed by atoms with Crippen molar-refractivity contribution in [3.05, 3.63) is 29.8 Å². The number of esters is 1. The van der Waals surface area contributed by atoms with Crippen LogP contribution < -0.4 is 4.74 Å². The van der Waals surface area contributed by atoms with E-state index in [0.717, 1.165) is 17.7 Å². The first kappa shape index (κ1) is 10.0. The lowest BCUT2D eigenvalue weighted by Crippen LogP contribution is -2.19. The topological polar surface area (TPSA) is 35.5 Å². The maximum absolute atomic E-state index is 11.2. The molecule has 1 heterocycles. The average Bonchev–Trinajstić information content (AvgIpc) is 2.29. The summed E-state index contributed by atoms with van der Waals surface area (Å²) in [5, 5.41) is 0. The highest BCUT2D eigenvalue weighted by atomic mass is 16.5. The van der Waals surface area contributed by atoms with E-state index in [0.29, 0.717) is 13.0 Å². The Bertz CT molecular complexity index is 360. The number of methoxy groups -OCH3 is 1. The van der Waals surface area contributed by atoms with Crippen LogP contribution in [-0.4, -0.2) is 19.7 Å². The van der Waals surface area contributed by atoms with Gasteiger partial charge in [0.05, 0.1) is 20.1 Å². The van der Waals surface area contributed by atoms with Crippen molar-refractivity contribution in [3.8, 4) is 5.75 Å². The van der Waals surface area contributed by atoms with E-state index < -0.39 is 0 Å². The van der Waals surface area contributed by atoms with Crippen LogP contribution in [0.15, 0.2) is 24.3 Å². The van der Waals surface area contributed by atoms with E-state index >= 15 is 0 Å². The number of hydrogen-bond donors (Lipinski definition) is 0. The summed E-state index contributed by atoms with van der Waals surface area (Å²) < 4.78 is 10.2. The number of carbonyl (C=O) groups is 1. The van der Waals surface area contributed by atoms with Crippen LogP contribution in [0.25, 0.3) is 0 Å². The third-order valence-electron chi connectivity index (χ3n) is 2.72. The van der Waals surface area contributed by atoms with Crippen molar-refractivity contribution in [1.82, 2.24) is 0 Å². The molecule has 0 spiro atoms. The summed E-state index contributed by atoms with van der Waals surface area (Å²) >= 11 is 0. The average molecular weight is 206 g/mol. The Morgan fingerprint density at radius 2 is 2.20 bits per heavy atom. The fourth-order valence-corrected chi connectivity index (χ4v) is 1.95. The first-order valence-electron chi connectivity index (χ1n) is 5.10. The highest BCUT2D eigenvalue weighted by Gasteiger charge is 2.24. The van der Waals surface area contributed by atoms with E-state index in [1.165, 1.54) is 0 Å². The lowest BCUT2D eigenvalue weighted by atomic mass is 9.91. The van der Waals surface area contributed by atoms with Gasteiger partial charge in [0.2, 0.25) is 0 Å². The number of ether oxygens (including phenoxy) is 2. The second kappa shape index (κ2) is 4.34. The zero-order valence-electron chi connectivity index (χ0n) is 8.73. The molecule has 0 radical (unpaired) electrons. The fourth-order valence-electron chi connectivity index (χ4n) is 1.95. The molecule has 1 aromatic carbocycles. The summed E-state index contributed by atoms with van der Waals surface area (Å²) in [7, 11) is 1.65.